The van der Waals surface area contributed by atoms with E-state index in [9.17, 15) is 4.79 Å². The first-order chi connectivity index (χ1) is 17.1. The molecule has 1 aromatic carbocycles. The second-order valence-electron chi connectivity index (χ2n) is 8.40. The van der Waals surface area contributed by atoms with Gasteiger partial charge in [0.2, 0.25) is 5.91 Å². The van der Waals surface area contributed by atoms with Gasteiger partial charge in [-0.25, -0.2) is 4.98 Å². The first kappa shape index (κ1) is 20.8. The molecule has 0 aliphatic heterocycles. The predicted molar refractivity (Wildman–Crippen MR) is 135 cm³/mol. The molecule has 0 saturated carbocycles. The molecule has 0 spiro atoms. The van der Waals surface area contributed by atoms with Gasteiger partial charge in [-0.1, -0.05) is 13.0 Å². The number of imidazole rings is 1. The van der Waals surface area contributed by atoms with E-state index in [4.69, 9.17) is 0 Å². The first-order valence-electron chi connectivity index (χ1n) is 11.3. The maximum atomic E-state index is 11.8. The molecule has 5 heterocycles. The molecule has 0 radical (unpaired) electrons. The number of aromatic nitrogens is 7. The molecule has 0 fully saturated rings. The molecule has 0 aliphatic rings. The van der Waals surface area contributed by atoms with Crippen molar-refractivity contribution < 1.29 is 4.79 Å². The summed E-state index contributed by atoms with van der Waals surface area (Å²) in [6, 6.07) is 12.1. The molecule has 0 aliphatic carbocycles. The summed E-state index contributed by atoms with van der Waals surface area (Å²) in [6.45, 7) is 3.79. The number of aromatic amines is 2. The highest BCUT2D eigenvalue weighted by atomic mass is 16.1. The van der Waals surface area contributed by atoms with Crippen molar-refractivity contribution in [2.45, 2.75) is 20.3 Å². The number of fused-ring (bicyclic) bond motifs is 2. The number of benzene rings is 1. The quantitative estimate of drug-likeness (QED) is 0.333. The zero-order valence-electron chi connectivity index (χ0n) is 19.2. The van der Waals surface area contributed by atoms with Gasteiger partial charge < -0.3 is 14.9 Å². The van der Waals surface area contributed by atoms with Gasteiger partial charge in [-0.2, -0.15) is 5.10 Å². The largest absolute Gasteiger partial charge is 0.353 e. The number of pyridine rings is 2. The Bertz CT molecular complexity index is 1710. The number of rotatable bonds is 5. The lowest BCUT2D eigenvalue weighted by molar-refractivity contribution is -0.115. The summed E-state index contributed by atoms with van der Waals surface area (Å²) in [7, 11) is 0. The predicted octanol–water partition coefficient (Wildman–Crippen LogP) is 5.01. The van der Waals surface area contributed by atoms with Gasteiger partial charge in [-0.3, -0.25) is 19.9 Å². The van der Waals surface area contributed by atoms with Crippen LogP contribution in [0.15, 0.2) is 67.5 Å². The van der Waals surface area contributed by atoms with Crippen LogP contribution in [0.2, 0.25) is 0 Å². The van der Waals surface area contributed by atoms with Crippen LogP contribution < -0.4 is 5.32 Å². The standard InChI is InChI=1S/C26H22N8O/c1-3-25(35)30-17-7-16(10-27-11-17)21-9-19-23(12-28-21)32-33-26(19)22-8-18-20(31-22)5-4-6-24(18)34-13-15(2)29-14-34/h4-14,31H,3H2,1-2H3,(H,30,35)(H,32,33). The molecule has 1 amide bonds. The molecule has 5 aromatic heterocycles. The highest BCUT2D eigenvalue weighted by Gasteiger charge is 2.15. The Labute approximate surface area is 200 Å². The Kier molecular flexibility index (Phi) is 4.88. The molecule has 0 saturated heterocycles. The van der Waals surface area contributed by atoms with E-state index >= 15 is 0 Å². The van der Waals surface area contributed by atoms with E-state index in [0.29, 0.717) is 12.1 Å². The Balaban J connectivity index is 1.43. The van der Waals surface area contributed by atoms with Crippen LogP contribution >= 0.6 is 0 Å². The molecule has 9 nitrogen and oxygen atoms in total. The van der Waals surface area contributed by atoms with Crippen molar-refractivity contribution in [2.24, 2.45) is 0 Å². The first-order valence-corrected chi connectivity index (χ1v) is 11.3. The fraction of sp³-hybridized carbons (Fsp3) is 0.115. The molecule has 3 N–H and O–H groups in total. The molecule has 172 valence electrons. The van der Waals surface area contributed by atoms with Gasteiger partial charge >= 0.3 is 0 Å². The lowest BCUT2D eigenvalue weighted by atomic mass is 10.1. The maximum absolute atomic E-state index is 11.8. The zero-order chi connectivity index (χ0) is 23.9. The topological polar surface area (TPSA) is 117 Å². The highest BCUT2D eigenvalue weighted by Crippen LogP contribution is 2.33. The summed E-state index contributed by atoms with van der Waals surface area (Å²) < 4.78 is 2.03. The van der Waals surface area contributed by atoms with Crippen molar-refractivity contribution in [3.05, 3.63) is 73.2 Å². The van der Waals surface area contributed by atoms with Gasteiger partial charge in [-0.15, -0.1) is 0 Å². The molecule has 35 heavy (non-hydrogen) atoms. The van der Waals surface area contributed by atoms with Gasteiger partial charge in [-0.05, 0) is 37.3 Å². The monoisotopic (exact) mass is 462 g/mol. The van der Waals surface area contributed by atoms with E-state index in [2.05, 4.69) is 53.6 Å². The van der Waals surface area contributed by atoms with Crippen molar-refractivity contribution in [3.63, 3.8) is 0 Å². The zero-order valence-corrected chi connectivity index (χ0v) is 19.2. The molecular formula is C26H22N8O. The number of aryl methyl sites for hydroxylation is 1. The van der Waals surface area contributed by atoms with Crippen LogP contribution in [0.25, 0.3) is 50.1 Å². The Morgan fingerprint density at radius 3 is 2.80 bits per heavy atom. The van der Waals surface area contributed by atoms with E-state index in [-0.39, 0.29) is 5.91 Å². The van der Waals surface area contributed by atoms with Crippen LogP contribution in [0.5, 0.6) is 0 Å². The van der Waals surface area contributed by atoms with Crippen LogP contribution in [0.1, 0.15) is 19.0 Å². The van der Waals surface area contributed by atoms with Crippen LogP contribution in [0.3, 0.4) is 0 Å². The van der Waals surface area contributed by atoms with E-state index in [1.165, 1.54) is 0 Å². The SMILES string of the molecule is CCC(=O)Nc1cncc(-c2cc3c(-c4cc5c(-n6cnc(C)c6)cccc5[nH]4)n[nH]c3cn2)c1. The van der Waals surface area contributed by atoms with Gasteiger partial charge in [0.25, 0.3) is 0 Å². The summed E-state index contributed by atoms with van der Waals surface area (Å²) in [4.78, 5) is 28.5. The van der Waals surface area contributed by atoms with Crippen LogP contribution in [-0.4, -0.2) is 40.6 Å². The number of hydrogen-bond donors (Lipinski definition) is 3. The minimum Gasteiger partial charge on any atom is -0.353 e. The average molecular weight is 463 g/mol. The normalized spacial score (nSPS) is 11.4. The number of hydrogen-bond acceptors (Lipinski definition) is 5. The summed E-state index contributed by atoms with van der Waals surface area (Å²) in [5, 5.41) is 12.5. The van der Waals surface area contributed by atoms with Crippen LogP contribution in [0.4, 0.5) is 5.69 Å². The van der Waals surface area contributed by atoms with E-state index in [0.717, 1.165) is 55.8 Å². The molecule has 6 rings (SSSR count). The second kappa shape index (κ2) is 8.21. The fourth-order valence-corrected chi connectivity index (χ4v) is 4.22. The Hall–Kier alpha value is -4.79. The van der Waals surface area contributed by atoms with Crippen molar-refractivity contribution in [2.75, 3.05) is 5.32 Å². The number of carbonyl (C=O) groups excluding carboxylic acids is 1. The smallest absolute Gasteiger partial charge is 0.224 e. The van der Waals surface area contributed by atoms with Gasteiger partial charge in [0.1, 0.15) is 5.69 Å². The number of carbonyl (C=O) groups is 1. The minimum atomic E-state index is -0.0616. The minimum absolute atomic E-state index is 0.0616. The number of nitrogens with one attached hydrogen (secondary N) is 3. The van der Waals surface area contributed by atoms with E-state index in [1.54, 1.807) is 18.6 Å². The summed E-state index contributed by atoms with van der Waals surface area (Å²) in [6.07, 6.45) is 9.36. The molecule has 9 heteroatoms. The number of anilines is 1. The highest BCUT2D eigenvalue weighted by molar-refractivity contribution is 5.99. The van der Waals surface area contributed by atoms with Gasteiger partial charge in [0.15, 0.2) is 0 Å². The lowest BCUT2D eigenvalue weighted by Crippen LogP contribution is -2.09. The third-order valence-corrected chi connectivity index (χ3v) is 5.97. The van der Waals surface area contributed by atoms with Gasteiger partial charge in [0.05, 0.1) is 52.7 Å². The molecule has 0 unspecified atom stereocenters. The summed E-state index contributed by atoms with van der Waals surface area (Å²) >= 11 is 0. The Morgan fingerprint density at radius 1 is 1.06 bits per heavy atom. The molecular weight excluding hydrogens is 440 g/mol. The molecule has 0 bridgehead atoms. The average Bonchev–Trinajstić information content (AvgIpc) is 3.61. The maximum Gasteiger partial charge on any atom is 0.224 e. The fourth-order valence-electron chi connectivity index (χ4n) is 4.22. The Morgan fingerprint density at radius 2 is 1.97 bits per heavy atom. The number of nitrogens with zero attached hydrogens (tertiary/aromatic N) is 5. The van der Waals surface area contributed by atoms with Crippen LogP contribution in [-0.2, 0) is 4.79 Å². The summed E-state index contributed by atoms with van der Waals surface area (Å²) in [5.41, 5.74) is 7.74. The number of amides is 1. The molecule has 0 atom stereocenters. The van der Waals surface area contributed by atoms with Crippen molar-refractivity contribution in [1.82, 2.24) is 34.7 Å². The van der Waals surface area contributed by atoms with Crippen molar-refractivity contribution in [1.29, 1.82) is 0 Å². The molecule has 6 aromatic rings. The van der Waals surface area contributed by atoms with E-state index < -0.39 is 0 Å². The van der Waals surface area contributed by atoms with Crippen LogP contribution in [0, 0.1) is 6.92 Å². The van der Waals surface area contributed by atoms with Crippen molar-refractivity contribution in [3.8, 4) is 28.3 Å². The van der Waals surface area contributed by atoms with Crippen molar-refractivity contribution >= 4 is 33.4 Å². The lowest BCUT2D eigenvalue weighted by Gasteiger charge is -2.06. The van der Waals surface area contributed by atoms with E-state index in [1.807, 2.05) is 49.1 Å². The third-order valence-electron chi connectivity index (χ3n) is 5.97. The third kappa shape index (κ3) is 3.72. The summed E-state index contributed by atoms with van der Waals surface area (Å²) in [5.74, 6) is -0.0616. The second-order valence-corrected chi connectivity index (χ2v) is 8.40. The van der Waals surface area contributed by atoms with Gasteiger partial charge in [0, 0.05) is 40.7 Å². The number of H-pyrrole nitrogens is 2.